The molecule has 1 saturated carbocycles. The zero-order valence-electron chi connectivity index (χ0n) is 13.0. The summed E-state index contributed by atoms with van der Waals surface area (Å²) in [7, 11) is 0. The summed E-state index contributed by atoms with van der Waals surface area (Å²) in [6, 6.07) is 0.0924. The summed E-state index contributed by atoms with van der Waals surface area (Å²) in [5, 5.41) is 13.4. The molecule has 5 heterocycles. The third-order valence-electron chi connectivity index (χ3n) is 7.09. The highest BCUT2D eigenvalue weighted by molar-refractivity contribution is 8.00. The maximum absolute atomic E-state index is 12.9. The van der Waals surface area contributed by atoms with Gasteiger partial charge in [0.25, 0.3) is 0 Å². The number of ketones is 1. The topological polar surface area (TPSA) is 66.5 Å². The molecular formula is C18H16N3O2S+. The van der Waals surface area contributed by atoms with Crippen LogP contribution in [0.3, 0.4) is 0 Å². The highest BCUT2D eigenvalue weighted by Crippen LogP contribution is 2.59. The Bertz CT molecular complexity index is 1050. The van der Waals surface area contributed by atoms with E-state index in [-0.39, 0.29) is 22.6 Å². The predicted octanol–water partition coefficient (Wildman–Crippen LogP) is -0.373. The summed E-state index contributed by atoms with van der Waals surface area (Å²) < 4.78 is 0. The largest absolute Gasteiger partial charge is 0.504 e. The van der Waals surface area contributed by atoms with Crippen molar-refractivity contribution in [2.24, 2.45) is 9.98 Å². The summed E-state index contributed by atoms with van der Waals surface area (Å²) in [5.41, 5.74) is 4.50. The average Bonchev–Trinajstić information content (AvgIpc) is 3.11. The molecule has 2 N–H and O–H groups in total. The van der Waals surface area contributed by atoms with Crippen molar-refractivity contribution in [1.82, 2.24) is 0 Å². The van der Waals surface area contributed by atoms with Crippen molar-refractivity contribution < 1.29 is 14.8 Å². The number of nitrogens with zero attached hydrogens (tertiary/aromatic N) is 2. The molecule has 3 unspecified atom stereocenters. The predicted molar refractivity (Wildman–Crippen MR) is 90.0 cm³/mol. The van der Waals surface area contributed by atoms with Gasteiger partial charge in [-0.3, -0.25) is 19.7 Å². The molecule has 0 radical (unpaired) electrons. The molecule has 5 aliphatic heterocycles. The fraction of sp³-hybridized carbons (Fsp3) is 0.500. The molecule has 2 fully saturated rings. The van der Waals surface area contributed by atoms with Gasteiger partial charge in [-0.05, 0) is 12.0 Å². The maximum atomic E-state index is 12.9. The average molecular weight is 338 g/mol. The van der Waals surface area contributed by atoms with Gasteiger partial charge in [0.15, 0.2) is 17.6 Å². The van der Waals surface area contributed by atoms with Crippen LogP contribution in [0.5, 0.6) is 5.75 Å². The fourth-order valence-corrected chi connectivity index (χ4v) is 7.97. The monoisotopic (exact) mass is 338 g/mol. The van der Waals surface area contributed by atoms with Gasteiger partial charge in [0.1, 0.15) is 16.7 Å². The summed E-state index contributed by atoms with van der Waals surface area (Å²) >= 11 is 1.86. The van der Waals surface area contributed by atoms with Gasteiger partial charge in [-0.1, -0.05) is 0 Å². The van der Waals surface area contributed by atoms with Crippen LogP contribution in [0.2, 0.25) is 0 Å². The van der Waals surface area contributed by atoms with Crippen LogP contribution in [-0.4, -0.2) is 40.3 Å². The zero-order valence-corrected chi connectivity index (χ0v) is 13.8. The number of nitrogens with one attached hydrogen (secondary N) is 1. The van der Waals surface area contributed by atoms with E-state index in [0.717, 1.165) is 36.4 Å². The highest BCUT2D eigenvalue weighted by Gasteiger charge is 2.64. The number of hydrogen-bond donors (Lipinski definition) is 2. The summed E-state index contributed by atoms with van der Waals surface area (Å²) in [4.78, 5) is 23.6. The van der Waals surface area contributed by atoms with E-state index in [1.807, 2.05) is 18.0 Å². The number of carbonyl (C=O) groups is 1. The first-order valence-corrected chi connectivity index (χ1v) is 9.70. The molecule has 1 spiro atoms. The lowest BCUT2D eigenvalue weighted by atomic mass is 9.60. The minimum absolute atomic E-state index is 0.0430. The van der Waals surface area contributed by atoms with Gasteiger partial charge in [0.05, 0.1) is 22.7 Å². The van der Waals surface area contributed by atoms with Crippen molar-refractivity contribution in [1.29, 1.82) is 0 Å². The van der Waals surface area contributed by atoms with E-state index >= 15 is 0 Å². The van der Waals surface area contributed by atoms with Gasteiger partial charge >= 0.3 is 0 Å². The van der Waals surface area contributed by atoms with Gasteiger partial charge in [-0.15, -0.1) is 11.8 Å². The van der Waals surface area contributed by atoms with Gasteiger partial charge in [0.2, 0.25) is 0 Å². The second kappa shape index (κ2) is 3.63. The van der Waals surface area contributed by atoms with Crippen LogP contribution in [0.15, 0.2) is 9.98 Å². The van der Waals surface area contributed by atoms with Gasteiger partial charge < -0.3 is 5.11 Å². The van der Waals surface area contributed by atoms with Crippen molar-refractivity contribution in [2.75, 3.05) is 6.54 Å². The number of aromatic hydroxyl groups is 1. The van der Waals surface area contributed by atoms with Crippen molar-refractivity contribution in [3.63, 3.8) is 0 Å². The van der Waals surface area contributed by atoms with E-state index in [1.54, 1.807) is 0 Å². The molecule has 24 heavy (non-hydrogen) atoms. The Morgan fingerprint density at radius 1 is 1.38 bits per heavy atom. The number of carbonyl (C=O) groups excluding carboxylic acids is 1. The van der Waals surface area contributed by atoms with Gasteiger partial charge in [-0.2, -0.15) is 0 Å². The Balaban J connectivity index is 1.75. The summed E-state index contributed by atoms with van der Waals surface area (Å²) in [6.45, 7) is 0.957. The minimum atomic E-state index is 0.0430. The van der Waals surface area contributed by atoms with Crippen LogP contribution in [0.4, 0.5) is 11.4 Å². The van der Waals surface area contributed by atoms with Crippen molar-refractivity contribution >= 4 is 40.7 Å². The third-order valence-corrected chi connectivity index (χ3v) is 8.62. The van der Waals surface area contributed by atoms with E-state index in [4.69, 9.17) is 4.99 Å². The Kier molecular flexibility index (Phi) is 1.91. The molecule has 7 rings (SSSR count). The number of phenols is 1. The molecule has 5 nitrogen and oxygen atoms in total. The minimum Gasteiger partial charge on any atom is -0.504 e. The van der Waals surface area contributed by atoms with Crippen LogP contribution >= 0.6 is 11.8 Å². The fourth-order valence-electron chi connectivity index (χ4n) is 6.20. The van der Waals surface area contributed by atoms with Crippen LogP contribution in [-0.2, 0) is 10.2 Å². The standard InChI is InChI=1S/C18H15N3O2S/c22-9-3-10-18-4-8(9)21-2-1-7-6-19-14-12(7)16(21)13(18)15(17(14)23)20-11(5-18)24-10/h6,8,10-11,23H,1-5H2/p+1/t8?,10?,11-,18+/m0/s1. The van der Waals surface area contributed by atoms with Crippen LogP contribution < -0.4 is 15.5 Å². The summed E-state index contributed by atoms with van der Waals surface area (Å²) in [5.74, 6) is 0.703. The molecule has 1 aliphatic carbocycles. The van der Waals surface area contributed by atoms with Gasteiger partial charge in [-0.25, -0.2) is 0 Å². The Morgan fingerprint density at radius 2 is 2.29 bits per heavy atom. The zero-order chi connectivity index (χ0) is 15.8. The van der Waals surface area contributed by atoms with Crippen molar-refractivity contribution in [3.05, 3.63) is 16.1 Å². The number of benzene rings is 1. The lowest BCUT2D eigenvalue weighted by Crippen LogP contribution is -3.16. The lowest BCUT2D eigenvalue weighted by Gasteiger charge is -2.50. The second-order valence-electron chi connectivity index (χ2n) is 7.98. The molecule has 1 aromatic carbocycles. The van der Waals surface area contributed by atoms with Crippen LogP contribution in [0, 0.1) is 0 Å². The van der Waals surface area contributed by atoms with E-state index < -0.39 is 0 Å². The molecule has 3 bridgehead atoms. The normalized spacial score (nSPS) is 41.7. The van der Waals surface area contributed by atoms with E-state index in [2.05, 4.69) is 4.99 Å². The molecule has 5 atom stereocenters. The van der Waals surface area contributed by atoms with Crippen LogP contribution in [0.1, 0.15) is 31.2 Å². The summed E-state index contributed by atoms with van der Waals surface area (Å²) in [6.07, 6.45) is 5.50. The molecular weight excluding hydrogens is 322 g/mol. The number of aliphatic imine (C=N–C) groups is 1. The number of fused-ring (bicyclic) bond motifs is 3. The van der Waals surface area contributed by atoms with Gasteiger partial charge in [0, 0.05) is 36.1 Å². The first-order chi connectivity index (χ1) is 11.7. The third kappa shape index (κ3) is 1.12. The SMILES string of the molecule is O=C1CC2S[C@H]3C[C@]24CC1[NH+]1CCC2=c5c(c(O)c(c4c51)=N3)N=C2. The molecule has 6 aliphatic rings. The molecule has 120 valence electrons. The first-order valence-electron chi connectivity index (χ1n) is 8.76. The van der Waals surface area contributed by atoms with E-state index in [9.17, 15) is 9.90 Å². The lowest BCUT2D eigenvalue weighted by molar-refractivity contribution is -0.856. The highest BCUT2D eigenvalue weighted by atomic mass is 32.2. The van der Waals surface area contributed by atoms with Crippen molar-refractivity contribution in [3.8, 4) is 5.75 Å². The number of Topliss-reactive ketones (excluding diaryl/α,β-unsaturated/α-hetero) is 1. The molecule has 1 aromatic rings. The number of phenolic OH excluding ortho intramolecular Hbond substituents is 1. The van der Waals surface area contributed by atoms with E-state index in [0.29, 0.717) is 23.1 Å². The Morgan fingerprint density at radius 3 is 3.21 bits per heavy atom. The van der Waals surface area contributed by atoms with Crippen LogP contribution in [0.25, 0.3) is 5.57 Å². The number of hydrogen-bond acceptors (Lipinski definition) is 5. The Hall–Kier alpha value is -1.66. The molecule has 0 aromatic heterocycles. The molecule has 0 amide bonds. The quantitative estimate of drug-likeness (QED) is 0.634. The Labute approximate surface area is 142 Å². The number of thioether (sulfide) groups is 1. The maximum Gasteiger partial charge on any atom is 0.191 e. The first kappa shape index (κ1) is 12.7. The van der Waals surface area contributed by atoms with Crippen molar-refractivity contribution in [2.45, 2.75) is 47.8 Å². The number of rotatable bonds is 0. The van der Waals surface area contributed by atoms with E-state index in [1.165, 1.54) is 21.7 Å². The second-order valence-corrected chi connectivity index (χ2v) is 9.36. The molecule has 6 heteroatoms. The number of quaternary nitrogens is 1. The molecule has 1 saturated heterocycles. The smallest absolute Gasteiger partial charge is 0.191 e.